The fourth-order valence-electron chi connectivity index (χ4n) is 1.34. The van der Waals surface area contributed by atoms with Crippen LogP contribution in [0.3, 0.4) is 0 Å². The zero-order valence-corrected chi connectivity index (χ0v) is 8.75. The van der Waals surface area contributed by atoms with E-state index >= 15 is 0 Å². The highest BCUT2D eigenvalue weighted by Crippen LogP contribution is 2.26. The molecular formula is C7H15NO5S. The van der Waals surface area contributed by atoms with Crippen molar-refractivity contribution in [3.8, 4) is 0 Å². The third-order valence-electron chi connectivity index (χ3n) is 2.09. The maximum absolute atomic E-state index is 11.0. The Hall–Kier alpha value is -0.660. The van der Waals surface area contributed by atoms with Crippen molar-refractivity contribution < 1.29 is 22.9 Å². The van der Waals surface area contributed by atoms with Gasteiger partial charge in [0.25, 0.3) is 10.1 Å². The second-order valence-corrected chi connectivity index (χ2v) is 4.79. The molecule has 0 aliphatic carbocycles. The number of rotatable bonds is 6. The first-order valence-electron chi connectivity index (χ1n) is 4.22. The molecule has 0 aromatic rings. The van der Waals surface area contributed by atoms with Gasteiger partial charge < -0.3 is 10.8 Å². The van der Waals surface area contributed by atoms with E-state index in [2.05, 4.69) is 0 Å². The Morgan fingerprint density at radius 2 is 1.93 bits per heavy atom. The van der Waals surface area contributed by atoms with Crippen molar-refractivity contribution in [2.75, 3.05) is 6.54 Å². The Labute approximate surface area is 82.9 Å². The molecule has 7 heteroatoms. The molecule has 14 heavy (non-hydrogen) atoms. The van der Waals surface area contributed by atoms with Gasteiger partial charge in [-0.3, -0.25) is 9.35 Å². The lowest BCUT2D eigenvalue weighted by Crippen LogP contribution is -2.47. The first-order chi connectivity index (χ1) is 6.31. The van der Waals surface area contributed by atoms with Crippen LogP contribution in [-0.4, -0.2) is 35.3 Å². The lowest BCUT2D eigenvalue weighted by molar-refractivity contribution is -0.140. The third-order valence-corrected chi connectivity index (χ3v) is 3.66. The van der Waals surface area contributed by atoms with E-state index in [-0.39, 0.29) is 19.4 Å². The number of aliphatic carboxylic acids is 1. The highest BCUT2D eigenvalue weighted by molar-refractivity contribution is 7.88. The zero-order chi connectivity index (χ0) is 11.4. The quantitative estimate of drug-likeness (QED) is 0.541. The molecule has 0 aliphatic heterocycles. The molecule has 0 rings (SSSR count). The first kappa shape index (κ1) is 13.3. The summed E-state index contributed by atoms with van der Waals surface area (Å²) in [5.74, 6) is -1.55. The Balaban J connectivity index is 5.27. The Bertz CT molecular complexity index is 291. The van der Waals surface area contributed by atoms with Crippen molar-refractivity contribution in [3.63, 3.8) is 0 Å². The molecule has 1 unspecified atom stereocenters. The van der Waals surface area contributed by atoms with Crippen LogP contribution in [0.2, 0.25) is 0 Å². The standard InChI is InChI=1S/C7H15NO5S/c1-2-3-7(4-5-8,6(9)10)14(11,12)13/h2-5,8H2,1H3,(H,9,10)(H,11,12,13). The van der Waals surface area contributed by atoms with Gasteiger partial charge in [0.1, 0.15) is 0 Å². The normalized spacial score (nSPS) is 16.2. The van der Waals surface area contributed by atoms with Gasteiger partial charge in [0.05, 0.1) is 0 Å². The number of carboxylic acids is 1. The number of carboxylic acid groups (broad SMARTS) is 1. The van der Waals surface area contributed by atoms with Crippen LogP contribution in [0, 0.1) is 0 Å². The van der Waals surface area contributed by atoms with Crippen LogP contribution < -0.4 is 5.73 Å². The molecular weight excluding hydrogens is 210 g/mol. The molecule has 84 valence electrons. The molecule has 0 aromatic carbocycles. The zero-order valence-electron chi connectivity index (χ0n) is 7.93. The summed E-state index contributed by atoms with van der Waals surface area (Å²) >= 11 is 0. The highest BCUT2D eigenvalue weighted by Gasteiger charge is 2.48. The van der Waals surface area contributed by atoms with Gasteiger partial charge in [0.15, 0.2) is 4.75 Å². The molecule has 0 spiro atoms. The van der Waals surface area contributed by atoms with Gasteiger partial charge in [0.2, 0.25) is 0 Å². The van der Waals surface area contributed by atoms with Crippen LogP contribution in [0.4, 0.5) is 0 Å². The average molecular weight is 225 g/mol. The topological polar surface area (TPSA) is 118 Å². The van der Waals surface area contributed by atoms with Crippen molar-refractivity contribution >= 4 is 16.1 Å². The van der Waals surface area contributed by atoms with E-state index in [1.165, 1.54) is 0 Å². The van der Waals surface area contributed by atoms with Gasteiger partial charge in [-0.1, -0.05) is 13.3 Å². The molecule has 0 aromatic heterocycles. The molecule has 6 nitrogen and oxygen atoms in total. The molecule has 0 aliphatic rings. The number of nitrogens with two attached hydrogens (primary N) is 1. The average Bonchev–Trinajstić information content (AvgIpc) is 2.01. The summed E-state index contributed by atoms with van der Waals surface area (Å²) in [6.45, 7) is 1.53. The molecule has 0 saturated heterocycles. The van der Waals surface area contributed by atoms with Crippen LogP contribution in [0.5, 0.6) is 0 Å². The molecule has 0 saturated carbocycles. The molecule has 0 bridgehead atoms. The summed E-state index contributed by atoms with van der Waals surface area (Å²) < 4.78 is 28.7. The van der Waals surface area contributed by atoms with E-state index in [1.807, 2.05) is 0 Å². The van der Waals surface area contributed by atoms with Gasteiger partial charge in [-0.25, -0.2) is 0 Å². The molecule has 0 heterocycles. The van der Waals surface area contributed by atoms with Gasteiger partial charge in [-0.2, -0.15) is 8.42 Å². The third kappa shape index (κ3) is 2.43. The monoisotopic (exact) mass is 225 g/mol. The van der Waals surface area contributed by atoms with Gasteiger partial charge >= 0.3 is 5.97 Å². The summed E-state index contributed by atoms with van der Waals surface area (Å²) in [5, 5.41) is 8.83. The second kappa shape index (κ2) is 4.72. The van der Waals surface area contributed by atoms with E-state index in [0.29, 0.717) is 6.42 Å². The Morgan fingerprint density at radius 3 is 2.14 bits per heavy atom. The summed E-state index contributed by atoms with van der Waals surface area (Å²) in [7, 11) is -4.63. The predicted molar refractivity (Wildman–Crippen MR) is 50.5 cm³/mol. The van der Waals surface area contributed by atoms with E-state index in [0.717, 1.165) is 0 Å². The molecule has 0 amide bonds. The van der Waals surface area contributed by atoms with E-state index in [4.69, 9.17) is 15.4 Å². The number of hydrogen-bond donors (Lipinski definition) is 3. The summed E-state index contributed by atoms with van der Waals surface area (Å²) in [5.41, 5.74) is 5.14. The highest BCUT2D eigenvalue weighted by atomic mass is 32.2. The fourth-order valence-corrected chi connectivity index (χ4v) is 2.40. The maximum Gasteiger partial charge on any atom is 0.327 e. The van der Waals surface area contributed by atoms with E-state index < -0.39 is 20.8 Å². The van der Waals surface area contributed by atoms with Crippen LogP contribution in [0.15, 0.2) is 0 Å². The van der Waals surface area contributed by atoms with Gasteiger partial charge in [0, 0.05) is 0 Å². The SMILES string of the molecule is CCCC(CCN)(C(=O)O)S(=O)(=O)O. The van der Waals surface area contributed by atoms with Crippen molar-refractivity contribution in [2.24, 2.45) is 5.73 Å². The molecule has 1 atom stereocenters. The molecule has 0 radical (unpaired) electrons. The van der Waals surface area contributed by atoms with Crippen molar-refractivity contribution in [3.05, 3.63) is 0 Å². The first-order valence-corrected chi connectivity index (χ1v) is 5.66. The van der Waals surface area contributed by atoms with Crippen LogP contribution >= 0.6 is 0 Å². The minimum absolute atomic E-state index is 0.105. The van der Waals surface area contributed by atoms with Crippen LogP contribution in [-0.2, 0) is 14.9 Å². The minimum Gasteiger partial charge on any atom is -0.480 e. The number of hydrogen-bond acceptors (Lipinski definition) is 4. The minimum atomic E-state index is -4.63. The summed E-state index contributed by atoms with van der Waals surface area (Å²) in [6, 6.07) is 0. The largest absolute Gasteiger partial charge is 0.480 e. The van der Waals surface area contributed by atoms with Gasteiger partial charge in [-0.05, 0) is 19.4 Å². The Morgan fingerprint density at radius 1 is 1.43 bits per heavy atom. The second-order valence-electron chi connectivity index (χ2n) is 3.06. The number of carbonyl (C=O) groups is 1. The molecule has 4 N–H and O–H groups in total. The summed E-state index contributed by atoms with van der Waals surface area (Å²) in [4.78, 5) is 10.9. The van der Waals surface area contributed by atoms with Crippen LogP contribution in [0.25, 0.3) is 0 Å². The van der Waals surface area contributed by atoms with Crippen molar-refractivity contribution in [1.82, 2.24) is 0 Å². The predicted octanol–water partition coefficient (Wildman–Crippen LogP) is -0.153. The Kier molecular flexibility index (Phi) is 4.50. The van der Waals surface area contributed by atoms with Gasteiger partial charge in [-0.15, -0.1) is 0 Å². The van der Waals surface area contributed by atoms with Crippen molar-refractivity contribution in [1.29, 1.82) is 0 Å². The van der Waals surface area contributed by atoms with Crippen LogP contribution in [0.1, 0.15) is 26.2 Å². The van der Waals surface area contributed by atoms with E-state index in [9.17, 15) is 13.2 Å². The lowest BCUT2D eigenvalue weighted by Gasteiger charge is -2.24. The van der Waals surface area contributed by atoms with Crippen molar-refractivity contribution in [2.45, 2.75) is 30.9 Å². The van der Waals surface area contributed by atoms with E-state index in [1.54, 1.807) is 6.92 Å². The summed E-state index contributed by atoms with van der Waals surface area (Å²) in [6.07, 6.45) is -0.0839. The smallest absolute Gasteiger partial charge is 0.327 e. The maximum atomic E-state index is 11.0. The molecule has 0 fully saturated rings. The lowest BCUT2D eigenvalue weighted by atomic mass is 9.99. The fraction of sp³-hybridized carbons (Fsp3) is 0.857.